The van der Waals surface area contributed by atoms with Crippen LogP contribution in [0.25, 0.3) is 0 Å². The Labute approximate surface area is 152 Å². The second-order valence-electron chi connectivity index (χ2n) is 5.88. The summed E-state index contributed by atoms with van der Waals surface area (Å²) < 4.78 is 24.4. The van der Waals surface area contributed by atoms with Crippen molar-refractivity contribution in [1.29, 1.82) is 5.26 Å². The molecule has 0 aliphatic rings. The molecule has 0 radical (unpaired) electrons. The van der Waals surface area contributed by atoms with Crippen LogP contribution in [-0.2, 0) is 15.6 Å². The van der Waals surface area contributed by atoms with E-state index in [2.05, 4.69) is 11.1 Å². The maximum Gasteiger partial charge on any atom is 0.157 e. The summed E-state index contributed by atoms with van der Waals surface area (Å²) in [7, 11) is -3.42. The van der Waals surface area contributed by atoms with E-state index in [1.165, 1.54) is 11.8 Å². The number of nitriles is 1. The number of aryl methyl sites for hydroxylation is 2. The van der Waals surface area contributed by atoms with E-state index in [0.717, 1.165) is 11.3 Å². The normalized spacial score (nSPS) is 12.6. The summed E-state index contributed by atoms with van der Waals surface area (Å²) in [5.74, 6) is -0.249. The number of sulfone groups is 1. The number of nitrogens with zero attached hydrogens (tertiary/aromatic N) is 2. The van der Waals surface area contributed by atoms with Crippen LogP contribution in [0, 0.1) is 25.2 Å². The molecule has 1 N–H and O–H groups in total. The van der Waals surface area contributed by atoms with E-state index in [0.29, 0.717) is 16.2 Å². The first-order valence-electron chi connectivity index (χ1n) is 7.74. The largest absolute Gasteiger partial charge is 0.391 e. The predicted octanol–water partition coefficient (Wildman–Crippen LogP) is 2.64. The average Bonchev–Trinajstić information content (AvgIpc) is 2.52. The lowest BCUT2D eigenvalue weighted by molar-refractivity contribution is 0.222. The van der Waals surface area contributed by atoms with Gasteiger partial charge in [0.1, 0.15) is 11.1 Å². The van der Waals surface area contributed by atoms with Crippen molar-refractivity contribution in [3.05, 3.63) is 58.8 Å². The highest BCUT2D eigenvalue weighted by Gasteiger charge is 2.19. The lowest BCUT2D eigenvalue weighted by atomic mass is 10.1. The molecule has 5 nitrogen and oxygen atoms in total. The van der Waals surface area contributed by atoms with Crippen molar-refractivity contribution >= 4 is 21.6 Å². The summed E-state index contributed by atoms with van der Waals surface area (Å²) in [6.45, 7) is 3.66. The molecule has 0 unspecified atom stereocenters. The van der Waals surface area contributed by atoms with Crippen molar-refractivity contribution in [1.82, 2.24) is 4.98 Å². The Kier molecular flexibility index (Phi) is 6.59. The van der Waals surface area contributed by atoms with Gasteiger partial charge in [-0.05, 0) is 31.0 Å². The molecule has 0 aliphatic carbocycles. The minimum atomic E-state index is -3.42. The van der Waals surface area contributed by atoms with Crippen LogP contribution in [-0.4, -0.2) is 36.1 Å². The Morgan fingerprint density at radius 3 is 2.60 bits per heavy atom. The molecule has 0 bridgehead atoms. The zero-order valence-corrected chi connectivity index (χ0v) is 15.8. The molecule has 0 spiro atoms. The van der Waals surface area contributed by atoms with E-state index < -0.39 is 15.9 Å². The molecule has 0 aliphatic heterocycles. The minimum Gasteiger partial charge on any atom is -0.391 e. The number of pyridine rings is 1. The summed E-state index contributed by atoms with van der Waals surface area (Å²) >= 11 is 1.21. The first-order valence-corrected chi connectivity index (χ1v) is 10.5. The van der Waals surface area contributed by atoms with E-state index in [1.54, 1.807) is 24.3 Å². The molecule has 0 saturated heterocycles. The maximum absolute atomic E-state index is 12.2. The van der Waals surface area contributed by atoms with Crippen molar-refractivity contribution in [2.45, 2.75) is 30.7 Å². The van der Waals surface area contributed by atoms with Crippen LogP contribution in [0.2, 0.25) is 0 Å². The van der Waals surface area contributed by atoms with Gasteiger partial charge in [-0.15, -0.1) is 11.8 Å². The Morgan fingerprint density at radius 1 is 1.28 bits per heavy atom. The number of aliphatic hydroxyl groups excluding tert-OH is 1. The third-order valence-corrected chi connectivity index (χ3v) is 6.30. The number of aliphatic hydroxyl groups is 1. The number of hydrogen-bond acceptors (Lipinski definition) is 6. The molecule has 2 aromatic rings. The van der Waals surface area contributed by atoms with Gasteiger partial charge in [-0.25, -0.2) is 13.4 Å². The molecule has 25 heavy (non-hydrogen) atoms. The van der Waals surface area contributed by atoms with Gasteiger partial charge in [0, 0.05) is 11.4 Å². The van der Waals surface area contributed by atoms with Gasteiger partial charge in [0.25, 0.3) is 0 Å². The van der Waals surface area contributed by atoms with Gasteiger partial charge in [0.05, 0.1) is 23.2 Å². The number of aromatic nitrogens is 1. The highest BCUT2D eigenvalue weighted by atomic mass is 32.2. The molecular formula is C18H20N2O3S2. The van der Waals surface area contributed by atoms with Crippen molar-refractivity contribution in [3.63, 3.8) is 0 Å². The second kappa shape index (κ2) is 8.48. The standard InChI is InChI=1S/C18H20N2O3S2/c1-13-8-14(2)20-18(17(13)9-19)24-10-16(21)12-25(22,23)11-15-6-4-3-5-7-15/h3-8,16,21H,10-12H2,1-2H3/t16-/m0/s1. The van der Waals surface area contributed by atoms with Gasteiger partial charge in [-0.3, -0.25) is 0 Å². The Hall–Kier alpha value is -1.88. The van der Waals surface area contributed by atoms with E-state index in [4.69, 9.17) is 0 Å². The van der Waals surface area contributed by atoms with Crippen molar-refractivity contribution < 1.29 is 13.5 Å². The minimum absolute atomic E-state index is 0.0964. The molecular weight excluding hydrogens is 356 g/mol. The number of hydrogen-bond donors (Lipinski definition) is 1. The Morgan fingerprint density at radius 2 is 1.96 bits per heavy atom. The average molecular weight is 377 g/mol. The van der Waals surface area contributed by atoms with Crippen LogP contribution in [0.3, 0.4) is 0 Å². The third-order valence-electron chi connectivity index (χ3n) is 3.51. The smallest absolute Gasteiger partial charge is 0.157 e. The van der Waals surface area contributed by atoms with Crippen LogP contribution < -0.4 is 0 Å². The van der Waals surface area contributed by atoms with Gasteiger partial charge in [-0.2, -0.15) is 5.26 Å². The topological polar surface area (TPSA) is 91.0 Å². The highest BCUT2D eigenvalue weighted by molar-refractivity contribution is 7.99. The summed E-state index contributed by atoms with van der Waals surface area (Å²) in [6.07, 6.45) is -1.02. The first kappa shape index (κ1) is 19.4. The van der Waals surface area contributed by atoms with Crippen molar-refractivity contribution in [2.75, 3.05) is 11.5 Å². The third kappa shape index (κ3) is 5.85. The van der Waals surface area contributed by atoms with Crippen LogP contribution in [0.4, 0.5) is 0 Å². The molecule has 0 saturated carbocycles. The molecule has 1 aromatic heterocycles. The number of benzene rings is 1. The van der Waals surface area contributed by atoms with Gasteiger partial charge in [0.15, 0.2) is 9.84 Å². The van der Waals surface area contributed by atoms with Crippen molar-refractivity contribution in [2.24, 2.45) is 0 Å². The number of thioether (sulfide) groups is 1. The summed E-state index contributed by atoms with van der Waals surface area (Å²) in [5, 5.41) is 19.9. The zero-order valence-electron chi connectivity index (χ0n) is 14.1. The molecule has 7 heteroatoms. The fourth-order valence-corrected chi connectivity index (χ4v) is 5.15. The predicted molar refractivity (Wildman–Crippen MR) is 99.1 cm³/mol. The Balaban J connectivity index is 1.99. The number of rotatable bonds is 7. The van der Waals surface area contributed by atoms with Crippen molar-refractivity contribution in [3.8, 4) is 6.07 Å². The lowest BCUT2D eigenvalue weighted by Gasteiger charge is -2.12. The van der Waals surface area contributed by atoms with Crippen LogP contribution in [0.5, 0.6) is 0 Å². The molecule has 1 aromatic carbocycles. The van der Waals surface area contributed by atoms with Crippen LogP contribution >= 0.6 is 11.8 Å². The summed E-state index contributed by atoms with van der Waals surface area (Å²) in [5.41, 5.74) is 2.77. The lowest BCUT2D eigenvalue weighted by Crippen LogP contribution is -2.24. The fourth-order valence-electron chi connectivity index (χ4n) is 2.45. The SMILES string of the molecule is Cc1cc(C)c(C#N)c(SC[C@H](O)CS(=O)(=O)Cc2ccccc2)n1. The van der Waals surface area contributed by atoms with Gasteiger partial charge in [0.2, 0.25) is 0 Å². The van der Waals surface area contributed by atoms with Gasteiger partial charge >= 0.3 is 0 Å². The molecule has 1 atom stereocenters. The van der Waals surface area contributed by atoms with E-state index >= 15 is 0 Å². The van der Waals surface area contributed by atoms with Gasteiger partial charge in [-0.1, -0.05) is 30.3 Å². The summed E-state index contributed by atoms with van der Waals surface area (Å²) in [4.78, 5) is 4.32. The van der Waals surface area contributed by atoms with Crippen LogP contribution in [0.1, 0.15) is 22.4 Å². The molecule has 1 heterocycles. The maximum atomic E-state index is 12.2. The van der Waals surface area contributed by atoms with E-state index in [1.807, 2.05) is 26.0 Å². The zero-order chi connectivity index (χ0) is 18.4. The molecule has 2 rings (SSSR count). The van der Waals surface area contributed by atoms with E-state index in [-0.39, 0.29) is 17.3 Å². The van der Waals surface area contributed by atoms with Crippen LogP contribution in [0.15, 0.2) is 41.4 Å². The molecule has 0 fully saturated rings. The monoisotopic (exact) mass is 376 g/mol. The first-order chi connectivity index (χ1) is 11.8. The van der Waals surface area contributed by atoms with E-state index in [9.17, 15) is 18.8 Å². The Bertz CT molecular complexity index is 875. The quantitative estimate of drug-likeness (QED) is 0.747. The van der Waals surface area contributed by atoms with Gasteiger partial charge < -0.3 is 5.11 Å². The summed E-state index contributed by atoms with van der Waals surface area (Å²) in [6, 6.07) is 12.8. The highest BCUT2D eigenvalue weighted by Crippen LogP contribution is 2.24. The fraction of sp³-hybridized carbons (Fsp3) is 0.333. The second-order valence-corrected chi connectivity index (χ2v) is 9.00. The molecule has 132 valence electrons. The molecule has 0 amide bonds.